The van der Waals surface area contributed by atoms with E-state index in [1.165, 1.54) is 0 Å². The molecule has 9 heavy (non-hydrogen) atoms. The number of hydrogen-bond acceptors (Lipinski definition) is 0. The van der Waals surface area contributed by atoms with Crippen molar-refractivity contribution in [1.29, 1.82) is 0 Å². The van der Waals surface area contributed by atoms with Crippen LogP contribution >= 0.6 is 0 Å². The maximum atomic E-state index is 9.90. The van der Waals surface area contributed by atoms with Crippen molar-refractivity contribution in [3.8, 4) is 0 Å². The zero-order valence-electron chi connectivity index (χ0n) is 3.92. The van der Waals surface area contributed by atoms with Gasteiger partial charge in [0, 0.05) is 0 Å². The minimum atomic E-state index is -7.17. The van der Waals surface area contributed by atoms with E-state index in [1.807, 2.05) is 0 Å². The normalized spacial score (nSPS) is 8.44. The summed E-state index contributed by atoms with van der Waals surface area (Å²) in [4.78, 5) is 0. The van der Waals surface area contributed by atoms with Crippen molar-refractivity contribution < 1.29 is 52.7 Å². The Morgan fingerprint density at radius 1 is 0.556 bits per heavy atom. The first-order valence-electron chi connectivity index (χ1n) is 0.617. The van der Waals surface area contributed by atoms with Gasteiger partial charge in [-0.2, -0.15) is 0 Å². The van der Waals surface area contributed by atoms with Gasteiger partial charge in [-0.3, -0.25) is 0 Å². The van der Waals surface area contributed by atoms with Crippen molar-refractivity contribution in [2.45, 2.75) is 0 Å². The number of rotatable bonds is 0. The number of hydrogen-bond donors (Lipinski definition) is 0. The summed E-state index contributed by atoms with van der Waals surface area (Å²) in [6, 6.07) is 0. The Bertz CT molecular complexity index is 28.0. The Kier molecular flexibility index (Phi) is 43.0. The van der Waals surface area contributed by atoms with E-state index in [9.17, 15) is 12.6 Å². The van der Waals surface area contributed by atoms with Crippen LogP contribution in [0.3, 0.4) is 0 Å². The molecule has 0 saturated heterocycles. The van der Waals surface area contributed by atoms with Crippen molar-refractivity contribution in [2.24, 2.45) is 0 Å². The Morgan fingerprint density at radius 3 is 0.556 bits per heavy atom. The van der Waals surface area contributed by atoms with Gasteiger partial charge in [-0.05, 0) is 0 Å². The number of halogens is 4. The summed E-state index contributed by atoms with van der Waals surface area (Å²) in [5.41, 5.74) is 0. The summed E-state index contributed by atoms with van der Waals surface area (Å²) in [5.74, 6) is 0. The molecule has 66 valence electrons. The second-order valence-corrected chi connectivity index (χ2v) is 2.86. The molecular weight excluding hydrogens is 324 g/mol. The molecule has 0 rings (SSSR count). The van der Waals surface area contributed by atoms with E-state index < -0.39 is 18.2 Å². The quantitative estimate of drug-likeness (QED) is 0.473. The fraction of sp³-hybridized carbons (Fsp3) is 0. The van der Waals surface area contributed by atoms with Gasteiger partial charge in [-0.1, -0.05) is 0 Å². The Morgan fingerprint density at radius 2 is 0.556 bits per heavy atom. The summed E-state index contributed by atoms with van der Waals surface area (Å²) in [6.45, 7) is 0. The molecule has 0 radical (unpaired) electrons. The molecule has 0 spiro atoms. The Balaban J connectivity index is -0.0000000133. The molecule has 0 aromatic carbocycles. The van der Waals surface area contributed by atoms with Gasteiger partial charge in [-0.25, -0.2) is 0 Å². The van der Waals surface area contributed by atoms with Crippen molar-refractivity contribution in [2.75, 3.05) is 0 Å². The average molecular weight is 332 g/mol. The molecule has 0 saturated carbocycles. The van der Waals surface area contributed by atoms with Gasteiger partial charge in [-0.15, -0.1) is 0 Å². The van der Waals surface area contributed by atoms with Crippen LogP contribution < -0.4 is 0 Å². The van der Waals surface area contributed by atoms with Crippen LogP contribution in [0.1, 0.15) is 0 Å². The van der Waals surface area contributed by atoms with E-state index in [1.54, 1.807) is 0 Å². The summed E-state index contributed by atoms with van der Waals surface area (Å²) in [5, 5.41) is 0. The van der Waals surface area contributed by atoms with E-state index in [2.05, 4.69) is 0 Å². The summed E-state index contributed by atoms with van der Waals surface area (Å²) >= 11 is -7.17. The molecule has 0 bridgehead atoms. The van der Waals surface area contributed by atoms with Crippen molar-refractivity contribution in [3.05, 3.63) is 0 Å². The van der Waals surface area contributed by atoms with E-state index >= 15 is 0 Å². The van der Waals surface area contributed by atoms with Crippen LogP contribution in [0.4, 0.5) is 12.6 Å². The third-order valence-corrected chi connectivity index (χ3v) is 0. The summed E-state index contributed by atoms with van der Waals surface area (Å²) in [7, 11) is 0. The monoisotopic (exact) mass is 332 g/mol. The van der Waals surface area contributed by atoms with Gasteiger partial charge in [0.15, 0.2) is 0 Å². The van der Waals surface area contributed by atoms with Gasteiger partial charge in [0.1, 0.15) is 0 Å². The van der Waals surface area contributed by atoms with Crippen LogP contribution in [-0.4, -0.2) is 21.9 Å². The first-order chi connectivity index (χ1) is 2.00. The Labute approximate surface area is 53.5 Å². The van der Waals surface area contributed by atoms with Gasteiger partial charge < -0.3 is 21.9 Å². The molecule has 0 amide bonds. The molecule has 0 aromatic heterocycles. The molecule has 0 fully saturated rings. The molecule has 0 aromatic rings. The van der Waals surface area contributed by atoms with Gasteiger partial charge >= 0.3 is 30.8 Å². The van der Waals surface area contributed by atoms with E-state index in [-0.39, 0.29) is 21.9 Å². The molecule has 9 heteroatoms. The van der Waals surface area contributed by atoms with Gasteiger partial charge in [0.25, 0.3) is 0 Å². The molecule has 0 heterocycles. The summed E-state index contributed by atoms with van der Waals surface area (Å²) < 4.78 is 39.6. The molecule has 0 atom stereocenters. The topological polar surface area (TPSA) is 126 Å². The van der Waals surface area contributed by atoms with E-state index in [0.29, 0.717) is 0 Å². The van der Waals surface area contributed by atoms with E-state index in [0.717, 1.165) is 0 Å². The third kappa shape index (κ3) is 5220. The first kappa shape index (κ1) is 34.9. The summed E-state index contributed by atoms with van der Waals surface area (Å²) in [6.07, 6.45) is 0. The van der Waals surface area contributed by atoms with Crippen LogP contribution in [0.5, 0.6) is 0 Å². The van der Waals surface area contributed by atoms with Gasteiger partial charge in [0.05, 0.1) is 0 Å². The second-order valence-electron chi connectivity index (χ2n) is 0.350. The van der Waals surface area contributed by atoms with Crippen LogP contribution in [0, 0.1) is 0 Å². The third-order valence-electron chi connectivity index (χ3n) is 0. The second kappa shape index (κ2) is 11.1. The predicted molar refractivity (Wildman–Crippen MR) is 18.9 cm³/mol. The fourth-order valence-corrected chi connectivity index (χ4v) is 0. The standard InChI is InChI=1S/4FH.4H2O.W/h4*1H;4*1H2;/q;;;;;;;;+4/p-4. The molecule has 0 aliphatic heterocycles. The van der Waals surface area contributed by atoms with Crippen molar-refractivity contribution in [1.82, 2.24) is 0 Å². The Hall–Kier alpha value is 0.248. The SMILES string of the molecule is O.O.O.O.[F][W]([F])([F])[F]. The molecule has 0 unspecified atom stereocenters. The van der Waals surface area contributed by atoms with Crippen LogP contribution in [0.15, 0.2) is 0 Å². The van der Waals surface area contributed by atoms with Crippen LogP contribution in [-0.2, 0) is 18.2 Å². The van der Waals surface area contributed by atoms with Gasteiger partial charge in [0.2, 0.25) is 0 Å². The van der Waals surface area contributed by atoms with Crippen molar-refractivity contribution in [3.63, 3.8) is 0 Å². The fourth-order valence-electron chi connectivity index (χ4n) is 0. The zero-order chi connectivity index (χ0) is 4.50. The van der Waals surface area contributed by atoms with Crippen molar-refractivity contribution >= 4 is 0 Å². The van der Waals surface area contributed by atoms with E-state index in [4.69, 9.17) is 0 Å². The average Bonchev–Trinajstić information content (AvgIpc) is 0.722. The van der Waals surface area contributed by atoms with Crippen LogP contribution in [0.2, 0.25) is 0 Å². The van der Waals surface area contributed by atoms with Crippen LogP contribution in [0.25, 0.3) is 0 Å². The predicted octanol–water partition coefficient (Wildman–Crippen LogP) is -1.62. The minimum absolute atomic E-state index is 0. The molecule has 0 aliphatic rings. The zero-order valence-corrected chi connectivity index (χ0v) is 6.85. The first-order valence-corrected chi connectivity index (χ1v) is 5.05. The molecule has 0 aliphatic carbocycles. The molecular formula is H8F4O4W. The molecule has 4 nitrogen and oxygen atoms in total. The molecule has 8 N–H and O–H groups in total. The maximum absolute atomic E-state index is 9.90.